The second-order valence-corrected chi connectivity index (χ2v) is 6.87. The van der Waals surface area contributed by atoms with Crippen LogP contribution < -0.4 is 0 Å². The first kappa shape index (κ1) is 17.6. The standard InChI is InChI=1S/C19H26N2O4/c1-5-24-19(23)16-10-17-15(9-14(4)25-17)20(16)11-18(22)21-12(2)7-6-8-13(21)3/h9-10,12-13H,5-8,11H2,1-4H3/t12-,13-/m1/s1. The number of rotatable bonds is 4. The minimum atomic E-state index is -0.431. The molecule has 0 aliphatic carbocycles. The van der Waals surface area contributed by atoms with Crippen LogP contribution in [0.5, 0.6) is 0 Å². The Balaban J connectivity index is 1.94. The Morgan fingerprint density at radius 2 is 1.92 bits per heavy atom. The molecule has 0 aromatic carbocycles. The van der Waals surface area contributed by atoms with Gasteiger partial charge in [-0.25, -0.2) is 4.79 Å². The number of fused-ring (bicyclic) bond motifs is 1. The molecule has 136 valence electrons. The van der Waals surface area contributed by atoms with E-state index in [1.165, 1.54) is 0 Å². The molecule has 1 saturated heterocycles. The molecule has 0 saturated carbocycles. The number of hydrogen-bond donors (Lipinski definition) is 0. The van der Waals surface area contributed by atoms with Gasteiger partial charge in [0.05, 0.1) is 12.1 Å². The van der Waals surface area contributed by atoms with Gasteiger partial charge >= 0.3 is 5.97 Å². The minimum absolute atomic E-state index is 0.0293. The van der Waals surface area contributed by atoms with Gasteiger partial charge in [-0.05, 0) is 47.0 Å². The smallest absolute Gasteiger partial charge is 0.355 e. The third-order valence-electron chi connectivity index (χ3n) is 4.97. The molecule has 0 radical (unpaired) electrons. The minimum Gasteiger partial charge on any atom is -0.461 e. The molecule has 3 heterocycles. The zero-order valence-corrected chi connectivity index (χ0v) is 15.4. The molecule has 2 aromatic heterocycles. The van der Waals surface area contributed by atoms with E-state index in [1.807, 2.05) is 17.9 Å². The van der Waals surface area contributed by atoms with Crippen LogP contribution in [0.4, 0.5) is 0 Å². The van der Waals surface area contributed by atoms with Crippen molar-refractivity contribution in [3.8, 4) is 0 Å². The summed E-state index contributed by atoms with van der Waals surface area (Å²) in [6.07, 6.45) is 3.19. The molecule has 0 bridgehead atoms. The molecular weight excluding hydrogens is 320 g/mol. The van der Waals surface area contributed by atoms with Crippen molar-refractivity contribution < 1.29 is 18.7 Å². The van der Waals surface area contributed by atoms with Crippen LogP contribution in [0.2, 0.25) is 0 Å². The lowest BCUT2D eigenvalue weighted by Crippen LogP contribution is -2.48. The third-order valence-corrected chi connectivity index (χ3v) is 4.97. The van der Waals surface area contributed by atoms with Gasteiger partial charge in [-0.3, -0.25) is 4.79 Å². The highest BCUT2D eigenvalue weighted by molar-refractivity contribution is 5.95. The fraction of sp³-hybridized carbons (Fsp3) is 0.579. The zero-order valence-electron chi connectivity index (χ0n) is 15.4. The zero-order chi connectivity index (χ0) is 18.1. The van der Waals surface area contributed by atoms with Crippen molar-refractivity contribution in [2.75, 3.05) is 6.61 Å². The van der Waals surface area contributed by atoms with Gasteiger partial charge in [0, 0.05) is 24.2 Å². The number of piperidine rings is 1. The summed E-state index contributed by atoms with van der Waals surface area (Å²) in [5.41, 5.74) is 1.72. The number of carbonyl (C=O) groups excluding carboxylic acids is 2. The van der Waals surface area contributed by atoms with Crippen LogP contribution in [0, 0.1) is 6.92 Å². The average molecular weight is 346 g/mol. The van der Waals surface area contributed by atoms with Gasteiger partial charge in [-0.15, -0.1) is 0 Å². The molecule has 6 nitrogen and oxygen atoms in total. The lowest BCUT2D eigenvalue weighted by Gasteiger charge is -2.39. The first-order chi connectivity index (χ1) is 11.9. The summed E-state index contributed by atoms with van der Waals surface area (Å²) in [6.45, 7) is 8.20. The second-order valence-electron chi connectivity index (χ2n) is 6.87. The topological polar surface area (TPSA) is 64.7 Å². The molecule has 3 rings (SSSR count). The highest BCUT2D eigenvalue weighted by Crippen LogP contribution is 2.27. The van der Waals surface area contributed by atoms with Crippen LogP contribution in [0.25, 0.3) is 11.1 Å². The summed E-state index contributed by atoms with van der Waals surface area (Å²) in [6, 6.07) is 3.96. The lowest BCUT2D eigenvalue weighted by molar-refractivity contribution is -0.137. The van der Waals surface area contributed by atoms with E-state index in [0.717, 1.165) is 30.5 Å². The summed E-state index contributed by atoms with van der Waals surface area (Å²) in [7, 11) is 0. The number of likely N-dealkylation sites (tertiary alicyclic amines) is 1. The monoisotopic (exact) mass is 346 g/mol. The van der Waals surface area contributed by atoms with E-state index in [9.17, 15) is 9.59 Å². The van der Waals surface area contributed by atoms with Gasteiger partial charge in [0.1, 0.15) is 18.0 Å². The van der Waals surface area contributed by atoms with Crippen LogP contribution in [0.15, 0.2) is 16.5 Å². The van der Waals surface area contributed by atoms with E-state index in [2.05, 4.69) is 13.8 Å². The molecule has 1 aliphatic heterocycles. The van der Waals surface area contributed by atoms with Gasteiger partial charge in [-0.1, -0.05) is 0 Å². The normalized spacial score (nSPS) is 20.9. The van der Waals surface area contributed by atoms with E-state index in [-0.39, 0.29) is 24.5 Å². The predicted octanol–water partition coefficient (Wildman–Crippen LogP) is 3.51. The SMILES string of the molecule is CCOC(=O)c1cc2oc(C)cc2n1CC(=O)N1[C@H](C)CCC[C@H]1C. The van der Waals surface area contributed by atoms with Crippen LogP contribution in [0.1, 0.15) is 56.3 Å². The fourth-order valence-electron chi connectivity index (χ4n) is 3.84. The summed E-state index contributed by atoms with van der Waals surface area (Å²) in [5, 5.41) is 0. The second kappa shape index (κ2) is 6.94. The number of carbonyl (C=O) groups is 2. The molecule has 6 heteroatoms. The molecule has 0 N–H and O–H groups in total. The average Bonchev–Trinajstić information content (AvgIpc) is 3.05. The third kappa shape index (κ3) is 3.30. The number of aryl methyl sites for hydroxylation is 1. The number of esters is 1. The first-order valence-corrected chi connectivity index (χ1v) is 9.00. The summed E-state index contributed by atoms with van der Waals surface area (Å²) in [5.74, 6) is 0.349. The van der Waals surface area contributed by atoms with Crippen molar-refractivity contribution in [1.82, 2.24) is 9.47 Å². The molecule has 0 spiro atoms. The summed E-state index contributed by atoms with van der Waals surface area (Å²) in [4.78, 5) is 27.2. The summed E-state index contributed by atoms with van der Waals surface area (Å²) >= 11 is 0. The van der Waals surface area contributed by atoms with E-state index in [1.54, 1.807) is 17.6 Å². The van der Waals surface area contributed by atoms with Crippen molar-refractivity contribution in [2.45, 2.75) is 65.6 Å². The maximum absolute atomic E-state index is 13.0. The number of ether oxygens (including phenoxy) is 1. The highest BCUT2D eigenvalue weighted by atomic mass is 16.5. The molecule has 2 atom stereocenters. The predicted molar refractivity (Wildman–Crippen MR) is 94.5 cm³/mol. The van der Waals surface area contributed by atoms with Crippen LogP contribution in [0.3, 0.4) is 0 Å². The molecule has 1 aliphatic rings. The number of furan rings is 1. The van der Waals surface area contributed by atoms with Crippen LogP contribution in [-0.2, 0) is 16.1 Å². The summed E-state index contributed by atoms with van der Waals surface area (Å²) < 4.78 is 12.5. The molecule has 1 fully saturated rings. The van der Waals surface area contributed by atoms with E-state index in [0.29, 0.717) is 17.9 Å². The number of aromatic nitrogens is 1. The van der Waals surface area contributed by atoms with Crippen molar-refractivity contribution >= 4 is 23.0 Å². The number of nitrogens with zero attached hydrogens (tertiary/aromatic N) is 2. The van der Waals surface area contributed by atoms with Crippen molar-refractivity contribution in [3.63, 3.8) is 0 Å². The Hall–Kier alpha value is -2.24. The van der Waals surface area contributed by atoms with Crippen LogP contribution >= 0.6 is 0 Å². The van der Waals surface area contributed by atoms with Gasteiger partial charge in [0.2, 0.25) is 5.91 Å². The fourth-order valence-corrected chi connectivity index (χ4v) is 3.84. The Morgan fingerprint density at radius 1 is 1.24 bits per heavy atom. The number of hydrogen-bond acceptors (Lipinski definition) is 4. The Morgan fingerprint density at radius 3 is 2.56 bits per heavy atom. The largest absolute Gasteiger partial charge is 0.461 e. The van der Waals surface area contributed by atoms with Gasteiger partial charge in [-0.2, -0.15) is 0 Å². The van der Waals surface area contributed by atoms with Gasteiger partial charge < -0.3 is 18.6 Å². The molecule has 2 aromatic rings. The quantitative estimate of drug-likeness (QED) is 0.795. The van der Waals surface area contributed by atoms with Gasteiger partial charge in [0.15, 0.2) is 5.58 Å². The van der Waals surface area contributed by atoms with E-state index in [4.69, 9.17) is 9.15 Å². The van der Waals surface area contributed by atoms with Crippen molar-refractivity contribution in [2.24, 2.45) is 0 Å². The Bertz CT molecular complexity index is 779. The molecule has 25 heavy (non-hydrogen) atoms. The van der Waals surface area contributed by atoms with Crippen molar-refractivity contribution in [1.29, 1.82) is 0 Å². The van der Waals surface area contributed by atoms with Crippen molar-refractivity contribution in [3.05, 3.63) is 23.6 Å². The van der Waals surface area contributed by atoms with E-state index < -0.39 is 5.97 Å². The molecule has 0 unspecified atom stereocenters. The lowest BCUT2D eigenvalue weighted by atomic mass is 9.97. The maximum Gasteiger partial charge on any atom is 0.355 e. The maximum atomic E-state index is 13.0. The van der Waals surface area contributed by atoms with Crippen LogP contribution in [-0.4, -0.2) is 40.0 Å². The highest BCUT2D eigenvalue weighted by Gasteiger charge is 2.30. The first-order valence-electron chi connectivity index (χ1n) is 9.00. The Kier molecular flexibility index (Phi) is 4.88. The Labute approximate surface area is 147 Å². The molecular formula is C19H26N2O4. The van der Waals surface area contributed by atoms with E-state index >= 15 is 0 Å². The number of amides is 1. The molecule has 1 amide bonds. The van der Waals surface area contributed by atoms with Gasteiger partial charge in [0.25, 0.3) is 0 Å².